The molecule has 1 saturated heterocycles. The van der Waals surface area contributed by atoms with Crippen LogP contribution < -0.4 is 10.2 Å². The Morgan fingerprint density at radius 1 is 1.29 bits per heavy atom. The van der Waals surface area contributed by atoms with Crippen molar-refractivity contribution in [1.82, 2.24) is 25.3 Å². The summed E-state index contributed by atoms with van der Waals surface area (Å²) >= 11 is 0. The second-order valence-electron chi connectivity index (χ2n) is 6.01. The van der Waals surface area contributed by atoms with Crippen molar-refractivity contribution in [3.05, 3.63) is 42.4 Å². The van der Waals surface area contributed by atoms with Crippen LogP contribution in [0.1, 0.15) is 29.0 Å². The van der Waals surface area contributed by atoms with Crippen molar-refractivity contribution in [2.75, 3.05) is 24.5 Å². The normalized spacial score (nSPS) is 20.7. The van der Waals surface area contributed by atoms with E-state index in [0.717, 1.165) is 18.8 Å². The van der Waals surface area contributed by atoms with Gasteiger partial charge in [-0.05, 0) is 19.8 Å². The molecule has 0 bridgehead atoms. The summed E-state index contributed by atoms with van der Waals surface area (Å²) in [7, 11) is 0. The number of carbonyl (C=O) groups excluding carboxylic acids is 1. The number of nitrogens with zero attached hydrogens (tertiary/aromatic N) is 5. The van der Waals surface area contributed by atoms with Crippen LogP contribution in [-0.4, -0.2) is 56.2 Å². The van der Waals surface area contributed by atoms with Crippen LogP contribution in [-0.2, 0) is 0 Å². The summed E-state index contributed by atoms with van der Waals surface area (Å²) in [4.78, 5) is 30.5. The van der Waals surface area contributed by atoms with Crippen molar-refractivity contribution in [3.8, 4) is 0 Å². The van der Waals surface area contributed by atoms with Crippen molar-refractivity contribution in [2.45, 2.75) is 25.4 Å². The molecule has 0 aliphatic carbocycles. The quantitative estimate of drug-likeness (QED) is 0.834. The Balaban J connectivity index is 1.61. The molecule has 0 radical (unpaired) electrons. The number of hydrogen-bond acceptors (Lipinski definition) is 7. The van der Waals surface area contributed by atoms with E-state index in [1.165, 1.54) is 12.4 Å². The molecule has 1 amide bonds. The van der Waals surface area contributed by atoms with Gasteiger partial charge in [0.1, 0.15) is 11.6 Å². The molecule has 0 unspecified atom stereocenters. The standard InChI is InChI=1S/C16H20N6O2/c1-12-19-7-13(8-20-12)15(23)21-10-16(24)3-2-6-22(11-16)14-9-17-4-5-18-14/h4-5,7-9,24H,2-3,6,10-11H2,1H3,(H,21,23)/t16-/m1/s1. The number of rotatable bonds is 4. The molecule has 3 rings (SSSR count). The number of nitrogens with one attached hydrogen (secondary N) is 1. The Kier molecular flexibility index (Phi) is 4.66. The molecule has 1 aliphatic heterocycles. The highest BCUT2D eigenvalue weighted by molar-refractivity contribution is 5.93. The summed E-state index contributed by atoms with van der Waals surface area (Å²) in [6, 6.07) is 0. The molecule has 0 spiro atoms. The summed E-state index contributed by atoms with van der Waals surface area (Å²) in [5.74, 6) is 1.05. The molecule has 0 saturated carbocycles. The van der Waals surface area contributed by atoms with Crippen molar-refractivity contribution >= 4 is 11.7 Å². The van der Waals surface area contributed by atoms with Crippen LogP contribution in [0, 0.1) is 6.92 Å². The van der Waals surface area contributed by atoms with Gasteiger partial charge >= 0.3 is 0 Å². The van der Waals surface area contributed by atoms with Gasteiger partial charge in [-0.3, -0.25) is 9.78 Å². The van der Waals surface area contributed by atoms with Gasteiger partial charge in [0.2, 0.25) is 0 Å². The monoisotopic (exact) mass is 328 g/mol. The molecule has 8 nitrogen and oxygen atoms in total. The Morgan fingerprint density at radius 3 is 2.79 bits per heavy atom. The molecule has 2 aromatic heterocycles. The minimum Gasteiger partial charge on any atom is -0.386 e. The molecular weight excluding hydrogens is 308 g/mol. The lowest BCUT2D eigenvalue weighted by atomic mass is 9.92. The summed E-state index contributed by atoms with van der Waals surface area (Å²) in [6.07, 6.45) is 9.31. The Labute approximate surface area is 140 Å². The average molecular weight is 328 g/mol. The highest BCUT2D eigenvalue weighted by atomic mass is 16.3. The Morgan fingerprint density at radius 2 is 2.08 bits per heavy atom. The number of anilines is 1. The van der Waals surface area contributed by atoms with E-state index in [-0.39, 0.29) is 12.5 Å². The molecule has 3 heterocycles. The van der Waals surface area contributed by atoms with Crippen molar-refractivity contribution in [2.24, 2.45) is 0 Å². The number of β-amino-alcohol motifs (C(OH)–C–C–N with tert-alkyl or cyclic N) is 1. The smallest absolute Gasteiger partial charge is 0.254 e. The van der Waals surface area contributed by atoms with Crippen molar-refractivity contribution in [1.29, 1.82) is 0 Å². The summed E-state index contributed by atoms with van der Waals surface area (Å²) in [5, 5.41) is 13.6. The van der Waals surface area contributed by atoms with Crippen LogP contribution in [0.25, 0.3) is 0 Å². The van der Waals surface area contributed by atoms with Gasteiger partial charge < -0.3 is 15.3 Å². The average Bonchev–Trinajstić information content (AvgIpc) is 2.61. The maximum atomic E-state index is 12.2. The third-order valence-electron chi connectivity index (χ3n) is 4.05. The fourth-order valence-electron chi connectivity index (χ4n) is 2.76. The lowest BCUT2D eigenvalue weighted by Gasteiger charge is -2.39. The van der Waals surface area contributed by atoms with Gasteiger partial charge in [-0.15, -0.1) is 0 Å². The first-order valence-electron chi connectivity index (χ1n) is 7.86. The number of aliphatic hydroxyl groups is 1. The molecule has 1 fully saturated rings. The van der Waals surface area contributed by atoms with E-state index in [1.54, 1.807) is 25.5 Å². The molecule has 2 aromatic rings. The van der Waals surface area contributed by atoms with E-state index in [0.29, 0.717) is 24.4 Å². The molecular formula is C16H20N6O2. The maximum absolute atomic E-state index is 12.2. The topological polar surface area (TPSA) is 104 Å². The number of hydrogen-bond donors (Lipinski definition) is 2. The van der Waals surface area contributed by atoms with Gasteiger partial charge in [-0.2, -0.15) is 0 Å². The number of amides is 1. The van der Waals surface area contributed by atoms with Gasteiger partial charge in [-0.25, -0.2) is 15.0 Å². The van der Waals surface area contributed by atoms with Crippen LogP contribution in [0.15, 0.2) is 31.0 Å². The highest BCUT2D eigenvalue weighted by Crippen LogP contribution is 2.24. The van der Waals surface area contributed by atoms with Gasteiger partial charge in [0, 0.05) is 44.4 Å². The third kappa shape index (κ3) is 3.83. The van der Waals surface area contributed by atoms with E-state index in [4.69, 9.17) is 0 Å². The van der Waals surface area contributed by atoms with Gasteiger partial charge in [0.15, 0.2) is 0 Å². The van der Waals surface area contributed by atoms with Crippen molar-refractivity contribution in [3.63, 3.8) is 0 Å². The minimum atomic E-state index is -1.00. The summed E-state index contributed by atoms with van der Waals surface area (Å²) in [6.45, 7) is 3.13. The SMILES string of the molecule is Cc1ncc(C(=O)NC[C@]2(O)CCCN(c3cnccn3)C2)cn1. The highest BCUT2D eigenvalue weighted by Gasteiger charge is 2.34. The number of aryl methyl sites for hydroxylation is 1. The Bertz CT molecular complexity index is 693. The molecule has 24 heavy (non-hydrogen) atoms. The van der Waals surface area contributed by atoms with Gasteiger partial charge in [0.05, 0.1) is 17.4 Å². The van der Waals surface area contributed by atoms with Crippen LogP contribution >= 0.6 is 0 Å². The number of aromatic nitrogens is 4. The predicted molar refractivity (Wildman–Crippen MR) is 87.5 cm³/mol. The van der Waals surface area contributed by atoms with E-state index in [9.17, 15) is 9.90 Å². The molecule has 1 atom stereocenters. The fourth-order valence-corrected chi connectivity index (χ4v) is 2.76. The van der Waals surface area contributed by atoms with E-state index in [2.05, 4.69) is 25.3 Å². The second kappa shape index (κ2) is 6.88. The molecule has 1 aliphatic rings. The number of piperidine rings is 1. The second-order valence-corrected chi connectivity index (χ2v) is 6.01. The van der Waals surface area contributed by atoms with Gasteiger partial charge in [-0.1, -0.05) is 0 Å². The number of carbonyl (C=O) groups is 1. The maximum Gasteiger partial charge on any atom is 0.254 e. The molecule has 2 N–H and O–H groups in total. The predicted octanol–water partition coefficient (Wildman–Crippen LogP) is 0.336. The van der Waals surface area contributed by atoms with Crippen molar-refractivity contribution < 1.29 is 9.90 Å². The zero-order valence-corrected chi connectivity index (χ0v) is 13.5. The third-order valence-corrected chi connectivity index (χ3v) is 4.05. The summed E-state index contributed by atoms with van der Waals surface area (Å²) in [5.41, 5.74) is -0.623. The molecule has 8 heteroatoms. The van der Waals surface area contributed by atoms with E-state index < -0.39 is 5.60 Å². The van der Waals surface area contributed by atoms with Gasteiger partial charge in [0.25, 0.3) is 5.91 Å². The summed E-state index contributed by atoms with van der Waals surface area (Å²) < 4.78 is 0. The minimum absolute atomic E-state index is 0.163. The first-order valence-corrected chi connectivity index (χ1v) is 7.86. The lowest BCUT2D eigenvalue weighted by molar-refractivity contribution is 0.0254. The van der Waals surface area contributed by atoms with Crippen LogP contribution in [0.4, 0.5) is 5.82 Å². The first kappa shape index (κ1) is 16.3. The first-order chi connectivity index (χ1) is 11.6. The van der Waals surface area contributed by atoms with E-state index in [1.807, 2.05) is 4.90 Å². The molecule has 0 aromatic carbocycles. The van der Waals surface area contributed by atoms with Crippen LogP contribution in [0.3, 0.4) is 0 Å². The van der Waals surface area contributed by atoms with Crippen LogP contribution in [0.2, 0.25) is 0 Å². The zero-order chi connectivity index (χ0) is 17.0. The molecule has 126 valence electrons. The van der Waals surface area contributed by atoms with E-state index >= 15 is 0 Å². The zero-order valence-electron chi connectivity index (χ0n) is 13.5. The van der Waals surface area contributed by atoms with Crippen LogP contribution in [0.5, 0.6) is 0 Å². The lowest BCUT2D eigenvalue weighted by Crippen LogP contribution is -2.54. The Hall–Kier alpha value is -2.61. The largest absolute Gasteiger partial charge is 0.386 e. The fraction of sp³-hybridized carbons (Fsp3) is 0.438.